The van der Waals surface area contributed by atoms with Crippen LogP contribution in [0.5, 0.6) is 0 Å². The van der Waals surface area contributed by atoms with Gasteiger partial charge in [0.05, 0.1) is 6.04 Å². The Morgan fingerprint density at radius 3 is 2.10 bits per heavy atom. The molecule has 1 fully saturated rings. The van der Waals surface area contributed by atoms with E-state index in [9.17, 15) is 37.5 Å². The van der Waals surface area contributed by atoms with Gasteiger partial charge in [0.1, 0.15) is 12.1 Å². The second-order valence-electron chi connectivity index (χ2n) is 10.5. The molecule has 1 unspecified atom stereocenters. The maximum Gasteiger partial charge on any atom is 0.383 e. The third kappa shape index (κ3) is 7.92. The molecule has 220 valence electrons. The quantitative estimate of drug-likeness (QED) is 0.246. The molecular weight excluding hydrogens is 526 g/mol. The van der Waals surface area contributed by atoms with Crippen LogP contribution in [-0.2, 0) is 35.3 Å². The smallest absolute Gasteiger partial charge is 0.346 e. The van der Waals surface area contributed by atoms with E-state index in [-0.39, 0.29) is 25.9 Å². The zero-order valence-electron chi connectivity index (χ0n) is 23.5. The summed E-state index contributed by atoms with van der Waals surface area (Å²) in [6, 6.07) is 4.46. The van der Waals surface area contributed by atoms with Crippen molar-refractivity contribution in [1.29, 1.82) is 0 Å². The van der Waals surface area contributed by atoms with Crippen molar-refractivity contribution in [2.75, 3.05) is 6.54 Å². The summed E-state index contributed by atoms with van der Waals surface area (Å²) in [6.45, 7) is 7.71. The summed E-state index contributed by atoms with van der Waals surface area (Å²) in [4.78, 5) is 76.8. The number of amides is 4. The van der Waals surface area contributed by atoms with Gasteiger partial charge in [0.2, 0.25) is 23.4 Å². The Bertz CT molecular complexity index is 1110. The van der Waals surface area contributed by atoms with Gasteiger partial charge in [-0.1, -0.05) is 65.0 Å². The van der Waals surface area contributed by atoms with Crippen molar-refractivity contribution in [3.05, 3.63) is 35.9 Å². The van der Waals surface area contributed by atoms with Gasteiger partial charge in [-0.2, -0.15) is 8.78 Å². The molecule has 0 radical (unpaired) electrons. The lowest BCUT2D eigenvalue weighted by Crippen LogP contribution is -2.60. The summed E-state index contributed by atoms with van der Waals surface area (Å²) in [5.74, 6) is -12.2. The maximum atomic E-state index is 14.9. The molecule has 0 spiro atoms. The molecule has 3 atom stereocenters. The van der Waals surface area contributed by atoms with E-state index in [4.69, 9.17) is 0 Å². The van der Waals surface area contributed by atoms with Gasteiger partial charge in [0, 0.05) is 19.5 Å². The molecule has 1 heterocycles. The van der Waals surface area contributed by atoms with Gasteiger partial charge in [-0.25, -0.2) is 0 Å². The first-order chi connectivity index (χ1) is 18.7. The van der Waals surface area contributed by atoms with Crippen molar-refractivity contribution >= 4 is 35.2 Å². The van der Waals surface area contributed by atoms with E-state index < -0.39 is 71.1 Å². The molecule has 1 aliphatic rings. The Labute approximate surface area is 232 Å². The predicted molar refractivity (Wildman–Crippen MR) is 142 cm³/mol. The van der Waals surface area contributed by atoms with Crippen molar-refractivity contribution in [3.63, 3.8) is 0 Å². The van der Waals surface area contributed by atoms with Crippen molar-refractivity contribution < 1.29 is 37.5 Å². The van der Waals surface area contributed by atoms with E-state index in [0.29, 0.717) is 12.0 Å². The van der Waals surface area contributed by atoms with E-state index in [1.165, 1.54) is 25.7 Å². The third-order valence-electron chi connectivity index (χ3n) is 6.77. The van der Waals surface area contributed by atoms with E-state index in [1.54, 1.807) is 44.2 Å². The third-order valence-corrected chi connectivity index (χ3v) is 6.77. The van der Waals surface area contributed by atoms with Gasteiger partial charge in [-0.05, 0) is 30.2 Å². The molecule has 3 N–H and O–H groups in total. The fraction of sp³-hybridized carbons (Fsp3) is 0.571. The van der Waals surface area contributed by atoms with E-state index in [2.05, 4.69) is 16.0 Å². The first-order valence-electron chi connectivity index (χ1n) is 13.4. The second kappa shape index (κ2) is 14.1. The Balaban J connectivity index is 2.15. The number of hydrogen-bond donors (Lipinski definition) is 3. The van der Waals surface area contributed by atoms with Gasteiger partial charge in [-0.3, -0.25) is 28.8 Å². The molecule has 12 heteroatoms. The summed E-state index contributed by atoms with van der Waals surface area (Å²) in [5, 5.41) is 6.82. The number of halogens is 2. The minimum Gasteiger partial charge on any atom is -0.346 e. The monoisotopic (exact) mass is 564 g/mol. The summed E-state index contributed by atoms with van der Waals surface area (Å²) in [5.41, 5.74) is 0.564. The lowest BCUT2D eigenvalue weighted by Gasteiger charge is -2.32. The van der Waals surface area contributed by atoms with Crippen molar-refractivity contribution in [3.8, 4) is 0 Å². The van der Waals surface area contributed by atoms with Gasteiger partial charge in [0.25, 0.3) is 11.8 Å². The molecule has 1 saturated heterocycles. The average molecular weight is 565 g/mol. The molecular formula is C28H38F2N4O6. The highest BCUT2D eigenvalue weighted by molar-refractivity contribution is 6.36. The molecule has 40 heavy (non-hydrogen) atoms. The van der Waals surface area contributed by atoms with Gasteiger partial charge >= 0.3 is 5.92 Å². The topological polar surface area (TPSA) is 142 Å². The minimum atomic E-state index is -4.42. The molecule has 1 aliphatic heterocycles. The fourth-order valence-corrected chi connectivity index (χ4v) is 4.36. The van der Waals surface area contributed by atoms with Crippen LogP contribution in [0.3, 0.4) is 0 Å². The van der Waals surface area contributed by atoms with Crippen molar-refractivity contribution in [1.82, 2.24) is 20.9 Å². The molecule has 1 aromatic rings. The summed E-state index contributed by atoms with van der Waals surface area (Å²) in [6.07, 6.45) is 0.588. The fourth-order valence-electron chi connectivity index (χ4n) is 4.36. The molecule has 0 aromatic heterocycles. The molecule has 10 nitrogen and oxygen atoms in total. The highest BCUT2D eigenvalue weighted by Gasteiger charge is 2.51. The van der Waals surface area contributed by atoms with Crippen LogP contribution in [0.4, 0.5) is 8.78 Å². The Morgan fingerprint density at radius 2 is 1.55 bits per heavy atom. The predicted octanol–water partition coefficient (Wildman–Crippen LogP) is 1.76. The van der Waals surface area contributed by atoms with Crippen LogP contribution < -0.4 is 16.0 Å². The van der Waals surface area contributed by atoms with Crippen LogP contribution >= 0.6 is 0 Å². The van der Waals surface area contributed by atoms with Crippen LogP contribution in [-0.4, -0.2) is 70.7 Å². The number of alkyl halides is 2. The number of likely N-dealkylation sites (tertiary alicyclic amines) is 1. The van der Waals surface area contributed by atoms with Crippen molar-refractivity contribution in [2.45, 2.75) is 84.5 Å². The number of nitrogens with zero attached hydrogens (tertiary/aromatic N) is 1. The highest BCUT2D eigenvalue weighted by atomic mass is 19.3. The molecule has 0 aliphatic carbocycles. The number of ketones is 2. The van der Waals surface area contributed by atoms with Crippen LogP contribution in [0.1, 0.15) is 59.4 Å². The van der Waals surface area contributed by atoms with E-state index in [1.807, 2.05) is 0 Å². The second-order valence-corrected chi connectivity index (χ2v) is 10.5. The number of hydrogen-bond acceptors (Lipinski definition) is 6. The van der Waals surface area contributed by atoms with Crippen LogP contribution in [0, 0.1) is 11.8 Å². The SMILES string of the molecule is CCC(=O)C(=O)N[C@H](C(=O)N1CCCC1C(=O)N[C@H](C(=O)C(F)(F)C(=O)NCc1ccccc1)C(C)C)C(C)C. The molecule has 4 amide bonds. The normalized spacial score (nSPS) is 16.8. The summed E-state index contributed by atoms with van der Waals surface area (Å²) >= 11 is 0. The zero-order valence-corrected chi connectivity index (χ0v) is 23.5. The summed E-state index contributed by atoms with van der Waals surface area (Å²) < 4.78 is 29.8. The van der Waals surface area contributed by atoms with Gasteiger partial charge in [0.15, 0.2) is 0 Å². The van der Waals surface area contributed by atoms with Gasteiger partial charge < -0.3 is 20.9 Å². The first-order valence-corrected chi connectivity index (χ1v) is 13.4. The largest absolute Gasteiger partial charge is 0.383 e. The number of nitrogens with one attached hydrogen (secondary N) is 3. The molecule has 2 rings (SSSR count). The standard InChI is InChI=1S/C28H38F2N4O6/c1-6-20(35)25(38)33-22(17(4)5)26(39)34-14-10-13-19(34)24(37)32-21(16(2)3)23(36)28(29,30)27(40)31-15-18-11-8-7-9-12-18/h7-9,11-12,16-17,19,21-22H,6,10,13-15H2,1-5H3,(H,31,40)(H,32,37)(H,33,38)/t19?,21-,22-/m0/s1. The van der Waals surface area contributed by atoms with Crippen LogP contribution in [0.15, 0.2) is 30.3 Å². The lowest BCUT2D eigenvalue weighted by atomic mass is 9.94. The van der Waals surface area contributed by atoms with Gasteiger partial charge in [-0.15, -0.1) is 0 Å². The molecule has 0 saturated carbocycles. The first kappa shape index (κ1) is 32.5. The Kier molecular flexibility index (Phi) is 11.4. The number of Topliss-reactive ketones (excluding diaryl/α,β-unsaturated/α-hetero) is 2. The number of carbonyl (C=O) groups excluding carboxylic acids is 6. The number of carbonyl (C=O) groups is 6. The van der Waals surface area contributed by atoms with E-state index in [0.717, 1.165) is 0 Å². The van der Waals surface area contributed by atoms with Crippen LogP contribution in [0.2, 0.25) is 0 Å². The average Bonchev–Trinajstić information content (AvgIpc) is 3.42. The summed E-state index contributed by atoms with van der Waals surface area (Å²) in [7, 11) is 0. The minimum absolute atomic E-state index is 0.0425. The lowest BCUT2D eigenvalue weighted by molar-refractivity contribution is -0.161. The Hall–Kier alpha value is -3.70. The zero-order chi connectivity index (χ0) is 30.2. The number of benzene rings is 1. The number of rotatable bonds is 13. The Morgan fingerprint density at radius 1 is 0.950 bits per heavy atom. The highest BCUT2D eigenvalue weighted by Crippen LogP contribution is 2.24. The molecule has 0 bridgehead atoms. The van der Waals surface area contributed by atoms with Crippen molar-refractivity contribution in [2.24, 2.45) is 11.8 Å². The molecule has 1 aromatic carbocycles. The van der Waals surface area contributed by atoms with E-state index >= 15 is 0 Å². The maximum absolute atomic E-state index is 14.9. The van der Waals surface area contributed by atoms with Crippen LogP contribution in [0.25, 0.3) is 0 Å².